The lowest BCUT2D eigenvalue weighted by molar-refractivity contribution is 0.134. The van der Waals surface area contributed by atoms with Gasteiger partial charge in [-0.1, -0.05) is 6.92 Å². The zero-order chi connectivity index (χ0) is 13.0. The highest BCUT2D eigenvalue weighted by Crippen LogP contribution is 2.29. The van der Waals surface area contributed by atoms with Crippen LogP contribution in [0.2, 0.25) is 0 Å². The summed E-state index contributed by atoms with van der Waals surface area (Å²) in [6, 6.07) is 4.49. The molecule has 1 aromatic heterocycles. The second-order valence-electron chi connectivity index (χ2n) is 6.18. The van der Waals surface area contributed by atoms with Gasteiger partial charge in [-0.05, 0) is 57.5 Å². The van der Waals surface area contributed by atoms with Crippen molar-refractivity contribution in [2.45, 2.75) is 39.2 Å². The van der Waals surface area contributed by atoms with Crippen molar-refractivity contribution in [3.8, 4) is 0 Å². The lowest BCUT2D eigenvalue weighted by atomic mass is 9.80. The molecule has 1 unspecified atom stereocenters. The summed E-state index contributed by atoms with van der Waals surface area (Å²) in [4.78, 5) is 2.42. The molecule has 18 heavy (non-hydrogen) atoms. The summed E-state index contributed by atoms with van der Waals surface area (Å²) in [6.45, 7) is 8.21. The van der Waals surface area contributed by atoms with E-state index >= 15 is 0 Å². The molecule has 0 aliphatic carbocycles. The Morgan fingerprint density at radius 2 is 2.17 bits per heavy atom. The Kier molecular flexibility index (Phi) is 4.46. The topological polar surface area (TPSA) is 28.4 Å². The third-order valence-electron chi connectivity index (χ3n) is 4.16. The van der Waals surface area contributed by atoms with Crippen LogP contribution in [0.25, 0.3) is 0 Å². The SMILES string of the molecule is CC(Cc1ccco1)NCC1(C)CCN(C)CC1. The summed E-state index contributed by atoms with van der Waals surface area (Å²) in [7, 11) is 2.21. The Hall–Kier alpha value is -0.800. The van der Waals surface area contributed by atoms with Gasteiger partial charge < -0.3 is 14.6 Å². The van der Waals surface area contributed by atoms with Crippen LogP contribution in [0, 0.1) is 5.41 Å². The van der Waals surface area contributed by atoms with Gasteiger partial charge in [0.05, 0.1) is 6.26 Å². The molecule has 1 aliphatic rings. The van der Waals surface area contributed by atoms with E-state index in [0.29, 0.717) is 11.5 Å². The van der Waals surface area contributed by atoms with E-state index in [-0.39, 0.29) is 0 Å². The summed E-state index contributed by atoms with van der Waals surface area (Å²) < 4.78 is 5.39. The maximum atomic E-state index is 5.39. The molecule has 1 aliphatic heterocycles. The van der Waals surface area contributed by atoms with Crippen LogP contribution in [0.4, 0.5) is 0 Å². The van der Waals surface area contributed by atoms with Crippen molar-refractivity contribution in [1.29, 1.82) is 0 Å². The van der Waals surface area contributed by atoms with Gasteiger partial charge >= 0.3 is 0 Å². The Morgan fingerprint density at radius 3 is 2.78 bits per heavy atom. The predicted octanol–water partition coefficient (Wildman–Crippen LogP) is 2.53. The van der Waals surface area contributed by atoms with Crippen molar-refractivity contribution in [2.24, 2.45) is 5.41 Å². The number of hydrogen-bond acceptors (Lipinski definition) is 3. The number of nitrogens with one attached hydrogen (secondary N) is 1. The summed E-state index contributed by atoms with van der Waals surface area (Å²) in [5.74, 6) is 1.07. The molecular formula is C15H26N2O. The quantitative estimate of drug-likeness (QED) is 0.870. The van der Waals surface area contributed by atoms with Crippen LogP contribution in [0.3, 0.4) is 0 Å². The minimum Gasteiger partial charge on any atom is -0.469 e. The predicted molar refractivity (Wildman–Crippen MR) is 74.7 cm³/mol. The number of nitrogens with zero attached hydrogens (tertiary/aromatic N) is 1. The number of furan rings is 1. The third kappa shape index (κ3) is 3.85. The molecule has 1 atom stereocenters. The largest absolute Gasteiger partial charge is 0.469 e. The Balaban J connectivity index is 1.73. The number of hydrogen-bond donors (Lipinski definition) is 1. The molecule has 0 aromatic carbocycles. The summed E-state index contributed by atoms with van der Waals surface area (Å²) in [5, 5.41) is 3.67. The molecule has 2 rings (SSSR count). The van der Waals surface area contributed by atoms with Crippen LogP contribution in [0.5, 0.6) is 0 Å². The Morgan fingerprint density at radius 1 is 1.44 bits per heavy atom. The summed E-state index contributed by atoms with van der Waals surface area (Å²) in [5.41, 5.74) is 0.462. The average molecular weight is 250 g/mol. The van der Waals surface area contributed by atoms with Crippen LogP contribution >= 0.6 is 0 Å². The minimum absolute atomic E-state index is 0.462. The second-order valence-corrected chi connectivity index (χ2v) is 6.18. The first-order valence-corrected chi connectivity index (χ1v) is 7.02. The van der Waals surface area contributed by atoms with Gasteiger partial charge in [-0.3, -0.25) is 0 Å². The van der Waals surface area contributed by atoms with Crippen LogP contribution in [0.15, 0.2) is 22.8 Å². The van der Waals surface area contributed by atoms with Crippen LogP contribution in [0.1, 0.15) is 32.4 Å². The lowest BCUT2D eigenvalue weighted by Gasteiger charge is -2.38. The third-order valence-corrected chi connectivity index (χ3v) is 4.16. The normalized spacial score (nSPS) is 21.9. The van der Waals surface area contributed by atoms with Crippen LogP contribution < -0.4 is 5.32 Å². The lowest BCUT2D eigenvalue weighted by Crippen LogP contribution is -2.44. The van der Waals surface area contributed by atoms with E-state index in [4.69, 9.17) is 4.42 Å². The molecule has 1 aromatic rings. The van der Waals surface area contributed by atoms with E-state index in [1.54, 1.807) is 6.26 Å². The van der Waals surface area contributed by atoms with Crippen molar-refractivity contribution < 1.29 is 4.42 Å². The van der Waals surface area contributed by atoms with Gasteiger partial charge in [0.15, 0.2) is 0 Å². The maximum Gasteiger partial charge on any atom is 0.105 e. The molecule has 1 N–H and O–H groups in total. The first-order chi connectivity index (χ1) is 8.57. The Labute approximate surface area is 111 Å². The molecule has 1 fully saturated rings. The first kappa shape index (κ1) is 13.6. The van der Waals surface area contributed by atoms with E-state index < -0.39 is 0 Å². The molecule has 0 spiro atoms. The van der Waals surface area contributed by atoms with Crippen molar-refractivity contribution in [3.63, 3.8) is 0 Å². The molecule has 0 amide bonds. The van der Waals surface area contributed by atoms with E-state index in [2.05, 4.69) is 37.2 Å². The smallest absolute Gasteiger partial charge is 0.105 e. The summed E-state index contributed by atoms with van der Waals surface area (Å²) in [6.07, 6.45) is 5.32. The van der Waals surface area contributed by atoms with Gasteiger partial charge in [0, 0.05) is 19.0 Å². The van der Waals surface area contributed by atoms with Crippen molar-refractivity contribution in [1.82, 2.24) is 10.2 Å². The molecule has 2 heterocycles. The number of likely N-dealkylation sites (tertiary alicyclic amines) is 1. The van der Waals surface area contributed by atoms with Gasteiger partial charge in [0.25, 0.3) is 0 Å². The molecule has 1 saturated heterocycles. The van der Waals surface area contributed by atoms with Crippen molar-refractivity contribution in [2.75, 3.05) is 26.7 Å². The zero-order valence-electron chi connectivity index (χ0n) is 11.9. The molecule has 3 heteroatoms. The van der Waals surface area contributed by atoms with Crippen molar-refractivity contribution in [3.05, 3.63) is 24.2 Å². The van der Waals surface area contributed by atoms with E-state index in [1.807, 2.05) is 6.07 Å². The highest BCUT2D eigenvalue weighted by molar-refractivity contribution is 5.00. The monoisotopic (exact) mass is 250 g/mol. The standard InChI is InChI=1S/C15H26N2O/c1-13(11-14-5-4-10-18-14)16-12-15(2)6-8-17(3)9-7-15/h4-5,10,13,16H,6-9,11-12H2,1-3H3. The van der Waals surface area contributed by atoms with E-state index in [1.165, 1.54) is 25.9 Å². The minimum atomic E-state index is 0.462. The fourth-order valence-electron chi connectivity index (χ4n) is 2.56. The van der Waals surface area contributed by atoms with Crippen LogP contribution in [-0.4, -0.2) is 37.6 Å². The van der Waals surface area contributed by atoms with Crippen LogP contribution in [-0.2, 0) is 6.42 Å². The molecule has 0 radical (unpaired) electrons. The highest BCUT2D eigenvalue weighted by Gasteiger charge is 2.28. The number of piperidine rings is 1. The molecular weight excluding hydrogens is 224 g/mol. The maximum absolute atomic E-state index is 5.39. The second kappa shape index (κ2) is 5.89. The molecule has 3 nitrogen and oxygen atoms in total. The van der Waals surface area contributed by atoms with Gasteiger partial charge in [-0.2, -0.15) is 0 Å². The van der Waals surface area contributed by atoms with E-state index in [9.17, 15) is 0 Å². The molecule has 0 bridgehead atoms. The molecule has 102 valence electrons. The van der Waals surface area contributed by atoms with Gasteiger partial charge in [-0.15, -0.1) is 0 Å². The number of rotatable bonds is 5. The fraction of sp³-hybridized carbons (Fsp3) is 0.733. The first-order valence-electron chi connectivity index (χ1n) is 7.02. The Bertz CT molecular complexity index is 339. The van der Waals surface area contributed by atoms with E-state index in [0.717, 1.165) is 18.7 Å². The fourth-order valence-corrected chi connectivity index (χ4v) is 2.56. The molecule has 0 saturated carbocycles. The average Bonchev–Trinajstić information content (AvgIpc) is 2.84. The van der Waals surface area contributed by atoms with Gasteiger partial charge in [0.1, 0.15) is 5.76 Å². The highest BCUT2D eigenvalue weighted by atomic mass is 16.3. The van der Waals surface area contributed by atoms with Gasteiger partial charge in [-0.25, -0.2) is 0 Å². The van der Waals surface area contributed by atoms with Crippen molar-refractivity contribution >= 4 is 0 Å². The zero-order valence-corrected chi connectivity index (χ0v) is 11.9. The summed E-state index contributed by atoms with van der Waals surface area (Å²) >= 11 is 0. The van der Waals surface area contributed by atoms with Gasteiger partial charge in [0.2, 0.25) is 0 Å².